The Morgan fingerprint density at radius 3 is 2.79 bits per heavy atom. The summed E-state index contributed by atoms with van der Waals surface area (Å²) < 4.78 is 7.11. The fraction of sp³-hybridized carbons (Fsp3) is 0.385. The molecular weight excluding hydrogens is 264 g/mol. The highest BCUT2D eigenvalue weighted by atomic mass is 35.5. The van der Waals surface area contributed by atoms with E-state index < -0.39 is 0 Å². The minimum atomic E-state index is 0.250. The summed E-state index contributed by atoms with van der Waals surface area (Å²) in [6.45, 7) is 4.64. The lowest BCUT2D eigenvalue weighted by atomic mass is 10.1. The lowest BCUT2D eigenvalue weighted by Gasteiger charge is -2.12. The number of nitrogen functional groups attached to an aromatic ring is 1. The number of hydrogen-bond acceptors (Lipinski definition) is 4. The summed E-state index contributed by atoms with van der Waals surface area (Å²) >= 11 is 6.02. The zero-order valence-electron chi connectivity index (χ0n) is 11.2. The van der Waals surface area contributed by atoms with E-state index in [2.05, 4.69) is 24.2 Å². The van der Waals surface area contributed by atoms with Gasteiger partial charge in [-0.25, -0.2) is 4.68 Å². The number of methoxy groups -OCH3 is 1. The van der Waals surface area contributed by atoms with Gasteiger partial charge in [0.1, 0.15) is 5.75 Å². The second kappa shape index (κ2) is 5.48. The quantitative estimate of drug-likeness (QED) is 0.935. The van der Waals surface area contributed by atoms with Crippen molar-refractivity contribution in [1.29, 1.82) is 0 Å². The van der Waals surface area contributed by atoms with E-state index in [1.807, 2.05) is 12.1 Å². The number of nitrogens with two attached hydrogens (primary N) is 1. The molecule has 0 unspecified atom stereocenters. The molecule has 0 aliphatic rings. The molecule has 0 saturated carbocycles. The average molecular weight is 281 g/mol. The molecule has 19 heavy (non-hydrogen) atoms. The van der Waals surface area contributed by atoms with Crippen LogP contribution in [0.25, 0.3) is 0 Å². The number of hydrogen-bond donors (Lipinski definition) is 1. The third-order valence-electron chi connectivity index (χ3n) is 2.91. The number of anilines is 1. The van der Waals surface area contributed by atoms with Gasteiger partial charge in [-0.15, -0.1) is 5.10 Å². The van der Waals surface area contributed by atoms with Crippen molar-refractivity contribution in [2.24, 2.45) is 0 Å². The lowest BCUT2D eigenvalue weighted by Crippen LogP contribution is -2.09. The molecule has 5 nitrogen and oxygen atoms in total. The van der Waals surface area contributed by atoms with E-state index in [9.17, 15) is 0 Å². The molecule has 2 aromatic rings. The van der Waals surface area contributed by atoms with Crippen LogP contribution in [0.1, 0.15) is 31.0 Å². The van der Waals surface area contributed by atoms with Crippen LogP contribution < -0.4 is 10.5 Å². The van der Waals surface area contributed by atoms with Crippen LogP contribution in [-0.2, 0) is 6.54 Å². The van der Waals surface area contributed by atoms with Gasteiger partial charge in [0.05, 0.1) is 19.3 Å². The number of halogens is 1. The van der Waals surface area contributed by atoms with Crippen molar-refractivity contribution in [2.45, 2.75) is 26.3 Å². The summed E-state index contributed by atoms with van der Waals surface area (Å²) in [5, 5.41) is 8.67. The first kappa shape index (κ1) is 13.7. The normalized spacial score (nSPS) is 11.0. The van der Waals surface area contributed by atoms with Crippen molar-refractivity contribution in [2.75, 3.05) is 12.8 Å². The third kappa shape index (κ3) is 2.81. The zero-order valence-corrected chi connectivity index (χ0v) is 12.0. The molecule has 2 rings (SSSR count). The topological polar surface area (TPSA) is 66.0 Å². The largest absolute Gasteiger partial charge is 0.496 e. The molecule has 0 fully saturated rings. The predicted molar refractivity (Wildman–Crippen MR) is 75.6 cm³/mol. The molecule has 6 heteroatoms. The lowest BCUT2D eigenvalue weighted by molar-refractivity contribution is 0.406. The van der Waals surface area contributed by atoms with E-state index in [0.29, 0.717) is 17.4 Å². The van der Waals surface area contributed by atoms with Gasteiger partial charge in [0.2, 0.25) is 0 Å². The van der Waals surface area contributed by atoms with Crippen molar-refractivity contribution in [3.63, 3.8) is 0 Å². The highest BCUT2D eigenvalue weighted by Gasteiger charge is 2.15. The van der Waals surface area contributed by atoms with E-state index in [-0.39, 0.29) is 5.92 Å². The monoisotopic (exact) mass is 280 g/mol. The summed E-state index contributed by atoms with van der Waals surface area (Å²) in [7, 11) is 1.63. The van der Waals surface area contributed by atoms with Gasteiger partial charge in [0.25, 0.3) is 0 Å². The Kier molecular flexibility index (Phi) is 3.95. The van der Waals surface area contributed by atoms with Crippen molar-refractivity contribution >= 4 is 17.4 Å². The molecular formula is C13H17ClN4O. The number of aromatic nitrogens is 3. The Labute approximate surface area is 117 Å². The summed E-state index contributed by atoms with van der Waals surface area (Å²) in [5.41, 5.74) is 7.71. The van der Waals surface area contributed by atoms with Crippen LogP contribution in [-0.4, -0.2) is 22.1 Å². The maximum atomic E-state index is 6.02. The Hall–Kier alpha value is -1.75. The van der Waals surface area contributed by atoms with E-state index in [1.165, 1.54) is 0 Å². The van der Waals surface area contributed by atoms with Gasteiger partial charge in [-0.05, 0) is 24.1 Å². The number of rotatable bonds is 4. The van der Waals surface area contributed by atoms with Crippen LogP contribution in [0.5, 0.6) is 5.75 Å². The van der Waals surface area contributed by atoms with Crippen LogP contribution in [0.4, 0.5) is 5.82 Å². The van der Waals surface area contributed by atoms with Gasteiger partial charge in [-0.1, -0.05) is 30.7 Å². The number of benzene rings is 1. The third-order valence-corrected chi connectivity index (χ3v) is 3.15. The fourth-order valence-electron chi connectivity index (χ4n) is 2.08. The molecule has 0 aliphatic carbocycles. The van der Waals surface area contributed by atoms with Crippen molar-refractivity contribution < 1.29 is 4.74 Å². The highest BCUT2D eigenvalue weighted by Crippen LogP contribution is 2.26. The highest BCUT2D eigenvalue weighted by molar-refractivity contribution is 6.30. The molecule has 0 radical (unpaired) electrons. The molecule has 102 valence electrons. The smallest absolute Gasteiger partial charge is 0.169 e. The molecule has 0 saturated heterocycles. The average Bonchev–Trinajstić information content (AvgIpc) is 2.71. The van der Waals surface area contributed by atoms with Gasteiger partial charge >= 0.3 is 0 Å². The molecule has 2 N–H and O–H groups in total. The maximum Gasteiger partial charge on any atom is 0.169 e. The Morgan fingerprint density at radius 1 is 1.42 bits per heavy atom. The van der Waals surface area contributed by atoms with Crippen LogP contribution in [0.15, 0.2) is 18.2 Å². The van der Waals surface area contributed by atoms with Gasteiger partial charge in [0.15, 0.2) is 5.82 Å². The second-order valence-electron chi connectivity index (χ2n) is 4.63. The van der Waals surface area contributed by atoms with Gasteiger partial charge in [-0.2, -0.15) is 0 Å². The number of ether oxygens (including phenoxy) is 1. The fourth-order valence-corrected chi connectivity index (χ4v) is 2.27. The first-order valence-electron chi connectivity index (χ1n) is 6.04. The summed E-state index contributed by atoms with van der Waals surface area (Å²) in [5.74, 6) is 1.49. The van der Waals surface area contributed by atoms with Crippen LogP contribution in [0.2, 0.25) is 5.02 Å². The maximum absolute atomic E-state index is 6.02. The molecule has 0 aliphatic heterocycles. The Morgan fingerprint density at radius 2 is 2.16 bits per heavy atom. The first-order valence-corrected chi connectivity index (χ1v) is 6.42. The van der Waals surface area contributed by atoms with E-state index in [4.69, 9.17) is 22.1 Å². The van der Waals surface area contributed by atoms with Gasteiger partial charge in [0, 0.05) is 10.6 Å². The summed E-state index contributed by atoms with van der Waals surface area (Å²) in [6, 6.07) is 5.50. The van der Waals surface area contributed by atoms with E-state index in [0.717, 1.165) is 17.0 Å². The molecule has 0 spiro atoms. The molecule has 0 atom stereocenters. The SMILES string of the molecule is COc1ccc(Cl)cc1Cn1nnc(N)c1C(C)C. The van der Waals surface area contributed by atoms with Gasteiger partial charge < -0.3 is 10.5 Å². The molecule has 0 bridgehead atoms. The first-order chi connectivity index (χ1) is 9.02. The molecule has 1 aromatic carbocycles. The molecule has 1 heterocycles. The van der Waals surface area contributed by atoms with Crippen molar-refractivity contribution in [3.8, 4) is 5.75 Å². The Balaban J connectivity index is 2.39. The standard InChI is InChI=1S/C13H17ClN4O/c1-8(2)12-13(15)16-17-18(12)7-9-6-10(14)4-5-11(9)19-3/h4-6,8H,7,15H2,1-3H3. The summed E-state index contributed by atoms with van der Waals surface area (Å²) in [4.78, 5) is 0. The van der Waals surface area contributed by atoms with E-state index in [1.54, 1.807) is 17.9 Å². The van der Waals surface area contributed by atoms with Crippen LogP contribution in [0.3, 0.4) is 0 Å². The molecule has 1 aromatic heterocycles. The minimum Gasteiger partial charge on any atom is -0.496 e. The second-order valence-corrected chi connectivity index (χ2v) is 5.06. The predicted octanol–water partition coefficient (Wildman–Crippen LogP) is 2.69. The zero-order chi connectivity index (χ0) is 14.0. The summed E-state index contributed by atoms with van der Waals surface area (Å²) in [6.07, 6.45) is 0. The van der Waals surface area contributed by atoms with E-state index >= 15 is 0 Å². The van der Waals surface area contributed by atoms with Crippen LogP contribution in [0, 0.1) is 0 Å². The minimum absolute atomic E-state index is 0.250. The van der Waals surface area contributed by atoms with Gasteiger partial charge in [-0.3, -0.25) is 0 Å². The Bertz CT molecular complexity index is 580. The van der Waals surface area contributed by atoms with Crippen LogP contribution >= 0.6 is 11.6 Å². The van der Waals surface area contributed by atoms with Crippen molar-refractivity contribution in [3.05, 3.63) is 34.5 Å². The number of nitrogens with zero attached hydrogens (tertiary/aromatic N) is 3. The van der Waals surface area contributed by atoms with Crippen molar-refractivity contribution in [1.82, 2.24) is 15.0 Å². The molecule has 0 amide bonds.